The molecule has 7 nitrogen and oxygen atoms in total. The Hall–Kier alpha value is -3.21. The third-order valence-corrected chi connectivity index (χ3v) is 4.89. The van der Waals surface area contributed by atoms with Gasteiger partial charge in [-0.1, -0.05) is 24.3 Å². The van der Waals surface area contributed by atoms with Crippen LogP contribution in [0.4, 0.5) is 5.82 Å². The van der Waals surface area contributed by atoms with Gasteiger partial charge in [-0.3, -0.25) is 4.99 Å². The third kappa shape index (κ3) is 3.03. The van der Waals surface area contributed by atoms with Crippen molar-refractivity contribution in [3.63, 3.8) is 0 Å². The number of hydrogen-bond donors (Lipinski definition) is 1. The summed E-state index contributed by atoms with van der Waals surface area (Å²) in [6.07, 6.45) is 10.0. The Morgan fingerprint density at radius 2 is 2.21 bits per heavy atom. The summed E-state index contributed by atoms with van der Waals surface area (Å²) in [6, 6.07) is 2.12. The van der Waals surface area contributed by atoms with Crippen molar-refractivity contribution in [2.75, 3.05) is 18.0 Å². The van der Waals surface area contributed by atoms with Gasteiger partial charge in [0.2, 0.25) is 0 Å². The molecule has 1 saturated heterocycles. The van der Waals surface area contributed by atoms with Gasteiger partial charge in [0.05, 0.1) is 23.7 Å². The number of halogens is 1. The molecule has 0 unspecified atom stereocenters. The number of aryl methyl sites for hydroxylation is 1. The summed E-state index contributed by atoms with van der Waals surface area (Å²) >= 11 is 6.11. The van der Waals surface area contributed by atoms with Gasteiger partial charge < -0.3 is 10.0 Å². The van der Waals surface area contributed by atoms with Crippen molar-refractivity contribution in [1.29, 1.82) is 5.26 Å². The van der Waals surface area contributed by atoms with Crippen LogP contribution in [0.25, 0.3) is 11.7 Å². The summed E-state index contributed by atoms with van der Waals surface area (Å²) in [5, 5.41) is 24.1. The van der Waals surface area contributed by atoms with E-state index in [1.54, 1.807) is 16.7 Å². The SMILES string of the molecule is C=CN=C1C=C(Cl)C=C/C1=C\c1c(C)nc2c(C#N)cnn2c1N1CC(O)C1. The molecule has 0 bridgehead atoms. The predicted octanol–water partition coefficient (Wildman–Crippen LogP) is 2.75. The smallest absolute Gasteiger partial charge is 0.175 e. The Bertz CT molecular complexity index is 1140. The van der Waals surface area contributed by atoms with Crippen LogP contribution in [0.1, 0.15) is 16.8 Å². The molecule has 1 aliphatic heterocycles. The van der Waals surface area contributed by atoms with E-state index in [4.69, 9.17) is 11.6 Å². The van der Waals surface area contributed by atoms with E-state index in [-0.39, 0.29) is 6.10 Å². The number of nitriles is 1. The molecule has 0 amide bonds. The molecule has 2 aliphatic rings. The minimum Gasteiger partial charge on any atom is -0.389 e. The van der Waals surface area contributed by atoms with Gasteiger partial charge in [-0.15, -0.1) is 0 Å². The van der Waals surface area contributed by atoms with Gasteiger partial charge in [0.1, 0.15) is 17.5 Å². The van der Waals surface area contributed by atoms with Gasteiger partial charge in [0.25, 0.3) is 0 Å². The number of allylic oxidation sites excluding steroid dienone is 5. The van der Waals surface area contributed by atoms with Gasteiger partial charge in [-0.05, 0) is 25.2 Å². The lowest BCUT2D eigenvalue weighted by Gasteiger charge is -2.38. The molecule has 1 N–H and O–H groups in total. The van der Waals surface area contributed by atoms with Crippen LogP contribution in [0.3, 0.4) is 0 Å². The lowest BCUT2D eigenvalue weighted by Crippen LogP contribution is -2.52. The molecule has 0 atom stereocenters. The molecule has 140 valence electrons. The molecule has 0 saturated carbocycles. The first-order chi connectivity index (χ1) is 13.5. The van der Waals surface area contributed by atoms with E-state index in [0.717, 1.165) is 22.6 Å². The Balaban J connectivity index is 1.94. The Morgan fingerprint density at radius 1 is 1.43 bits per heavy atom. The van der Waals surface area contributed by atoms with Crippen LogP contribution in [-0.2, 0) is 0 Å². The van der Waals surface area contributed by atoms with Gasteiger partial charge >= 0.3 is 0 Å². The highest BCUT2D eigenvalue weighted by molar-refractivity contribution is 6.35. The fourth-order valence-corrected chi connectivity index (χ4v) is 3.45. The van der Waals surface area contributed by atoms with Gasteiger partial charge in [0.15, 0.2) is 5.65 Å². The number of aliphatic imine (C=N–C) groups is 1. The molecule has 1 fully saturated rings. The number of anilines is 1. The summed E-state index contributed by atoms with van der Waals surface area (Å²) in [5.74, 6) is 0.786. The predicted molar refractivity (Wildman–Crippen MR) is 109 cm³/mol. The Kier molecular flexibility index (Phi) is 4.59. The van der Waals surface area contributed by atoms with Crippen LogP contribution in [0, 0.1) is 18.3 Å². The van der Waals surface area contributed by atoms with Crippen LogP contribution < -0.4 is 4.90 Å². The molecule has 4 rings (SSSR count). The van der Waals surface area contributed by atoms with E-state index < -0.39 is 0 Å². The fraction of sp³-hybridized carbons (Fsp3) is 0.200. The highest BCUT2D eigenvalue weighted by atomic mass is 35.5. The topological polar surface area (TPSA) is 89.8 Å². The summed E-state index contributed by atoms with van der Waals surface area (Å²) in [4.78, 5) is 10.9. The fourth-order valence-electron chi connectivity index (χ4n) is 3.28. The van der Waals surface area contributed by atoms with Gasteiger partial charge in [0, 0.05) is 35.5 Å². The molecule has 1 aliphatic carbocycles. The number of aliphatic hydroxyl groups is 1. The number of aliphatic hydroxyl groups excluding tert-OH is 1. The first kappa shape index (κ1) is 18.2. The minimum absolute atomic E-state index is 0.385. The average Bonchev–Trinajstić information content (AvgIpc) is 3.04. The molecule has 3 heterocycles. The van der Waals surface area contributed by atoms with Gasteiger partial charge in [-0.2, -0.15) is 14.9 Å². The van der Waals surface area contributed by atoms with Crippen LogP contribution in [0.15, 0.2) is 52.8 Å². The quantitative estimate of drug-likeness (QED) is 0.867. The lowest BCUT2D eigenvalue weighted by molar-refractivity contribution is 0.141. The van der Waals surface area contributed by atoms with E-state index in [0.29, 0.717) is 35.0 Å². The van der Waals surface area contributed by atoms with Crippen molar-refractivity contribution >= 4 is 34.9 Å². The third-order valence-electron chi connectivity index (χ3n) is 4.65. The molecule has 28 heavy (non-hydrogen) atoms. The highest BCUT2D eigenvalue weighted by Gasteiger charge is 2.30. The van der Waals surface area contributed by atoms with Crippen LogP contribution in [0.2, 0.25) is 0 Å². The zero-order valence-corrected chi connectivity index (χ0v) is 15.9. The molecule has 8 heteroatoms. The van der Waals surface area contributed by atoms with E-state index in [1.807, 2.05) is 24.0 Å². The maximum absolute atomic E-state index is 9.81. The standard InChI is InChI=1S/C20H17ClN6O/c1-3-23-18-7-15(21)5-4-13(18)6-17-12(2)25-19-14(8-22)9-24-27(19)20(17)26-10-16(28)11-26/h3-7,9,16,28H,1,10-11H2,2H3/b13-6+,23-18?. The summed E-state index contributed by atoms with van der Waals surface area (Å²) < 4.78 is 1.66. The van der Waals surface area contributed by atoms with Crippen molar-refractivity contribution in [2.45, 2.75) is 13.0 Å². The van der Waals surface area contributed by atoms with Crippen LogP contribution in [-0.4, -0.2) is 44.6 Å². The van der Waals surface area contributed by atoms with Gasteiger partial charge in [-0.25, -0.2) is 4.98 Å². The second-order valence-corrected chi connectivity index (χ2v) is 6.99. The molecule has 0 aromatic carbocycles. The van der Waals surface area contributed by atoms with Crippen molar-refractivity contribution < 1.29 is 5.11 Å². The largest absolute Gasteiger partial charge is 0.389 e. The number of aromatic nitrogens is 3. The summed E-state index contributed by atoms with van der Waals surface area (Å²) in [7, 11) is 0. The Labute approximate surface area is 166 Å². The van der Waals surface area contributed by atoms with E-state index >= 15 is 0 Å². The van der Waals surface area contributed by atoms with Crippen molar-refractivity contribution in [2.24, 2.45) is 4.99 Å². The van der Waals surface area contributed by atoms with Crippen molar-refractivity contribution in [3.8, 4) is 6.07 Å². The molecule has 2 aromatic rings. The maximum atomic E-state index is 9.81. The number of hydrogen-bond acceptors (Lipinski definition) is 6. The second-order valence-electron chi connectivity index (χ2n) is 6.56. The normalized spacial score (nSPS) is 19.8. The zero-order valence-electron chi connectivity index (χ0n) is 15.2. The second kappa shape index (κ2) is 7.08. The molecule has 2 aromatic heterocycles. The van der Waals surface area contributed by atoms with E-state index in [9.17, 15) is 10.4 Å². The van der Waals surface area contributed by atoms with E-state index in [2.05, 4.69) is 27.7 Å². The van der Waals surface area contributed by atoms with Crippen LogP contribution in [0.5, 0.6) is 0 Å². The van der Waals surface area contributed by atoms with Crippen LogP contribution >= 0.6 is 11.6 Å². The number of nitrogens with zero attached hydrogens (tertiary/aromatic N) is 6. The molecule has 0 radical (unpaired) electrons. The Morgan fingerprint density at radius 3 is 2.89 bits per heavy atom. The van der Waals surface area contributed by atoms with Crippen molar-refractivity contribution in [1.82, 2.24) is 14.6 Å². The zero-order chi connectivity index (χ0) is 19.8. The molecule has 0 spiro atoms. The summed E-state index contributed by atoms with van der Waals surface area (Å²) in [5.41, 5.74) is 4.04. The first-order valence-electron chi connectivity index (χ1n) is 8.69. The minimum atomic E-state index is -0.385. The summed E-state index contributed by atoms with van der Waals surface area (Å²) in [6.45, 7) is 6.54. The highest BCUT2D eigenvalue weighted by Crippen LogP contribution is 2.31. The molecular weight excluding hydrogens is 376 g/mol. The van der Waals surface area contributed by atoms with E-state index in [1.165, 1.54) is 12.4 Å². The average molecular weight is 393 g/mol. The molecular formula is C20H17ClN6O. The number of β-amino-alcohol motifs (C(OH)–C–C–N with tert-alkyl or cyclic N) is 1. The maximum Gasteiger partial charge on any atom is 0.175 e. The lowest BCUT2D eigenvalue weighted by atomic mass is 10.0. The first-order valence-corrected chi connectivity index (χ1v) is 9.07. The number of rotatable bonds is 3. The van der Waals surface area contributed by atoms with Crippen molar-refractivity contribution in [3.05, 3.63) is 64.6 Å². The number of fused-ring (bicyclic) bond motifs is 1. The monoisotopic (exact) mass is 392 g/mol.